The van der Waals surface area contributed by atoms with Crippen molar-refractivity contribution in [3.63, 3.8) is 0 Å². The molecule has 2 aromatic rings. The summed E-state index contributed by atoms with van der Waals surface area (Å²) in [5.41, 5.74) is 1.29. The molecule has 3 rings (SSSR count). The molecule has 0 radical (unpaired) electrons. The second kappa shape index (κ2) is 7.09. The first-order chi connectivity index (χ1) is 12.0. The second-order valence-electron chi connectivity index (χ2n) is 6.76. The van der Waals surface area contributed by atoms with Gasteiger partial charge in [0.1, 0.15) is 17.6 Å². The third kappa shape index (κ3) is 3.73. The highest BCUT2D eigenvalue weighted by Crippen LogP contribution is 2.20. The van der Waals surface area contributed by atoms with Crippen LogP contribution in [0, 0.1) is 11.7 Å². The predicted octanol–water partition coefficient (Wildman–Crippen LogP) is 2.42. The zero-order valence-corrected chi connectivity index (χ0v) is 14.4. The minimum Gasteiger partial charge on any atom is -0.350 e. The molecule has 0 bridgehead atoms. The summed E-state index contributed by atoms with van der Waals surface area (Å²) < 4.78 is 15.1. The Bertz CT molecular complexity index is 784. The van der Waals surface area contributed by atoms with E-state index in [1.54, 1.807) is 23.1 Å². The van der Waals surface area contributed by atoms with Crippen molar-refractivity contribution in [2.24, 2.45) is 5.92 Å². The van der Waals surface area contributed by atoms with E-state index in [9.17, 15) is 14.0 Å². The van der Waals surface area contributed by atoms with Crippen LogP contribution in [0.15, 0.2) is 42.6 Å². The van der Waals surface area contributed by atoms with Gasteiger partial charge in [-0.25, -0.2) is 4.39 Å². The van der Waals surface area contributed by atoms with Gasteiger partial charge in [-0.1, -0.05) is 26.0 Å². The highest BCUT2D eigenvalue weighted by molar-refractivity contribution is 5.97. The van der Waals surface area contributed by atoms with Crippen LogP contribution in [0.4, 0.5) is 4.39 Å². The lowest BCUT2D eigenvalue weighted by Gasteiger charge is -2.36. The molecule has 1 unspecified atom stereocenters. The van der Waals surface area contributed by atoms with Crippen molar-refractivity contribution in [1.82, 2.24) is 14.8 Å². The van der Waals surface area contributed by atoms with E-state index in [1.807, 2.05) is 30.7 Å². The minimum atomic E-state index is -0.566. The molecule has 0 saturated carbocycles. The molecule has 1 aromatic carbocycles. The van der Waals surface area contributed by atoms with Gasteiger partial charge in [-0.05, 0) is 35.7 Å². The number of halogens is 1. The van der Waals surface area contributed by atoms with E-state index in [0.29, 0.717) is 24.3 Å². The normalized spacial score (nSPS) is 16.9. The number of hydrogen-bond acceptors (Lipinski definition) is 2. The van der Waals surface area contributed by atoms with Crippen LogP contribution in [0.3, 0.4) is 0 Å². The molecular formula is C19H22FN3O2. The van der Waals surface area contributed by atoms with Crippen LogP contribution in [0.25, 0.3) is 0 Å². The molecule has 6 heteroatoms. The van der Waals surface area contributed by atoms with Crippen LogP contribution < -0.4 is 5.32 Å². The zero-order chi connectivity index (χ0) is 18.0. The number of fused-ring (bicyclic) bond motifs is 1. The van der Waals surface area contributed by atoms with Crippen molar-refractivity contribution in [1.29, 1.82) is 0 Å². The molecule has 0 spiro atoms. The van der Waals surface area contributed by atoms with Crippen LogP contribution >= 0.6 is 0 Å². The molecule has 0 saturated heterocycles. The smallest absolute Gasteiger partial charge is 0.271 e. The molecule has 5 nitrogen and oxygen atoms in total. The fourth-order valence-electron chi connectivity index (χ4n) is 3.12. The summed E-state index contributed by atoms with van der Waals surface area (Å²) in [5, 5.41) is 2.83. The minimum absolute atomic E-state index is 0.129. The van der Waals surface area contributed by atoms with E-state index in [4.69, 9.17) is 0 Å². The summed E-state index contributed by atoms with van der Waals surface area (Å²) in [6.45, 7) is 5.21. The Morgan fingerprint density at radius 1 is 1.32 bits per heavy atom. The van der Waals surface area contributed by atoms with Crippen molar-refractivity contribution >= 4 is 11.8 Å². The van der Waals surface area contributed by atoms with E-state index in [1.165, 1.54) is 12.1 Å². The van der Waals surface area contributed by atoms with Gasteiger partial charge in [0.2, 0.25) is 5.91 Å². The number of aromatic nitrogens is 1. The lowest BCUT2D eigenvalue weighted by molar-refractivity contribution is -0.126. The molecule has 1 atom stereocenters. The third-order valence-corrected chi connectivity index (χ3v) is 4.28. The molecule has 2 heterocycles. The molecule has 0 fully saturated rings. The SMILES string of the molecule is CC(C)CN1C(=O)c2cccn2CC1C(=O)NCc1cccc(F)c1. The number of rotatable bonds is 5. The largest absolute Gasteiger partial charge is 0.350 e. The summed E-state index contributed by atoms with van der Waals surface area (Å²) in [6, 6.07) is 9.14. The number of carbonyl (C=O) groups is 2. The summed E-state index contributed by atoms with van der Waals surface area (Å²) in [5.74, 6) is -0.435. The molecule has 1 aliphatic heterocycles. The summed E-state index contributed by atoms with van der Waals surface area (Å²) in [4.78, 5) is 27.1. The molecular weight excluding hydrogens is 321 g/mol. The van der Waals surface area contributed by atoms with Gasteiger partial charge in [-0.15, -0.1) is 0 Å². The van der Waals surface area contributed by atoms with E-state index in [0.717, 1.165) is 0 Å². The van der Waals surface area contributed by atoms with Crippen molar-refractivity contribution in [3.05, 3.63) is 59.7 Å². The lowest BCUT2D eigenvalue weighted by atomic mass is 10.1. The highest BCUT2D eigenvalue weighted by atomic mass is 19.1. The number of carbonyl (C=O) groups excluding carboxylic acids is 2. The maximum Gasteiger partial charge on any atom is 0.271 e. The Morgan fingerprint density at radius 3 is 2.84 bits per heavy atom. The van der Waals surface area contributed by atoms with Crippen LogP contribution in [-0.2, 0) is 17.9 Å². The molecule has 1 aliphatic rings. The predicted molar refractivity (Wildman–Crippen MR) is 92.3 cm³/mol. The van der Waals surface area contributed by atoms with Gasteiger partial charge < -0.3 is 14.8 Å². The van der Waals surface area contributed by atoms with Gasteiger partial charge in [0, 0.05) is 19.3 Å². The maximum atomic E-state index is 13.3. The Kier molecular flexibility index (Phi) is 4.88. The fraction of sp³-hybridized carbons (Fsp3) is 0.368. The molecule has 132 valence electrons. The highest BCUT2D eigenvalue weighted by Gasteiger charge is 2.36. The summed E-state index contributed by atoms with van der Waals surface area (Å²) >= 11 is 0. The number of nitrogens with zero attached hydrogens (tertiary/aromatic N) is 2. The van der Waals surface area contributed by atoms with Gasteiger partial charge in [0.15, 0.2) is 0 Å². The molecule has 2 amide bonds. The average molecular weight is 343 g/mol. The first-order valence-corrected chi connectivity index (χ1v) is 8.44. The standard InChI is InChI=1S/C19H22FN3O2/c1-13(2)11-23-17(12-22-8-4-7-16(22)19(23)25)18(24)21-10-14-5-3-6-15(20)9-14/h3-9,13,17H,10-12H2,1-2H3,(H,21,24). The first kappa shape index (κ1) is 17.2. The lowest BCUT2D eigenvalue weighted by Crippen LogP contribution is -2.55. The summed E-state index contributed by atoms with van der Waals surface area (Å²) in [7, 11) is 0. The second-order valence-corrected chi connectivity index (χ2v) is 6.76. The Hall–Kier alpha value is -2.63. The monoisotopic (exact) mass is 343 g/mol. The Labute approximate surface area is 146 Å². The van der Waals surface area contributed by atoms with E-state index < -0.39 is 6.04 Å². The van der Waals surface area contributed by atoms with Crippen molar-refractivity contribution in [2.45, 2.75) is 33.0 Å². The van der Waals surface area contributed by atoms with Gasteiger partial charge in [0.05, 0.1) is 6.54 Å². The third-order valence-electron chi connectivity index (χ3n) is 4.28. The molecule has 25 heavy (non-hydrogen) atoms. The van der Waals surface area contributed by atoms with Gasteiger partial charge in [-0.3, -0.25) is 9.59 Å². The van der Waals surface area contributed by atoms with Crippen LogP contribution in [0.1, 0.15) is 29.9 Å². The fourth-order valence-corrected chi connectivity index (χ4v) is 3.12. The van der Waals surface area contributed by atoms with Crippen LogP contribution in [0.2, 0.25) is 0 Å². The Balaban J connectivity index is 1.75. The van der Waals surface area contributed by atoms with E-state index >= 15 is 0 Å². The van der Waals surface area contributed by atoms with Crippen LogP contribution in [-0.4, -0.2) is 33.9 Å². The molecule has 1 N–H and O–H groups in total. The number of benzene rings is 1. The van der Waals surface area contributed by atoms with Gasteiger partial charge in [-0.2, -0.15) is 0 Å². The van der Waals surface area contributed by atoms with E-state index in [2.05, 4.69) is 5.32 Å². The first-order valence-electron chi connectivity index (χ1n) is 8.44. The Morgan fingerprint density at radius 2 is 2.12 bits per heavy atom. The van der Waals surface area contributed by atoms with E-state index in [-0.39, 0.29) is 30.1 Å². The van der Waals surface area contributed by atoms with Crippen molar-refractivity contribution in [3.8, 4) is 0 Å². The number of hydrogen-bond donors (Lipinski definition) is 1. The number of amides is 2. The van der Waals surface area contributed by atoms with Crippen molar-refractivity contribution < 1.29 is 14.0 Å². The average Bonchev–Trinajstić information content (AvgIpc) is 3.03. The number of nitrogens with one attached hydrogen (secondary N) is 1. The molecule has 1 aromatic heterocycles. The maximum absolute atomic E-state index is 13.3. The topological polar surface area (TPSA) is 54.3 Å². The zero-order valence-electron chi connectivity index (χ0n) is 14.4. The van der Waals surface area contributed by atoms with Gasteiger partial charge in [0.25, 0.3) is 5.91 Å². The van der Waals surface area contributed by atoms with Crippen molar-refractivity contribution in [2.75, 3.05) is 6.54 Å². The molecule has 0 aliphatic carbocycles. The van der Waals surface area contributed by atoms with Crippen LogP contribution in [0.5, 0.6) is 0 Å². The summed E-state index contributed by atoms with van der Waals surface area (Å²) in [6.07, 6.45) is 1.81. The van der Waals surface area contributed by atoms with Gasteiger partial charge >= 0.3 is 0 Å². The quantitative estimate of drug-likeness (QED) is 0.906.